The Bertz CT molecular complexity index is 771. The smallest absolute Gasteiger partial charge is 0.310 e. The third kappa shape index (κ3) is 3.35. The van der Waals surface area contributed by atoms with Crippen LogP contribution in [0.2, 0.25) is 0 Å². The van der Waals surface area contributed by atoms with Crippen LogP contribution in [0.25, 0.3) is 0 Å². The quantitative estimate of drug-likeness (QED) is 0.407. The molecule has 8 nitrogen and oxygen atoms in total. The Morgan fingerprint density at radius 3 is 2.65 bits per heavy atom. The maximum atomic E-state index is 14.1. The summed E-state index contributed by atoms with van der Waals surface area (Å²) in [5.41, 5.74) is -1.20. The molecule has 2 N–H and O–H groups in total. The van der Waals surface area contributed by atoms with Crippen molar-refractivity contribution in [1.29, 1.82) is 0 Å². The van der Waals surface area contributed by atoms with Crippen molar-refractivity contribution in [2.75, 3.05) is 13.2 Å². The highest BCUT2D eigenvalue weighted by Crippen LogP contribution is 2.60. The Kier molecular flexibility index (Phi) is 6.22. The summed E-state index contributed by atoms with van der Waals surface area (Å²) < 4.78 is 6.27. The van der Waals surface area contributed by atoms with Gasteiger partial charge >= 0.3 is 5.97 Å². The second-order valence-corrected chi connectivity index (χ2v) is 10.5. The van der Waals surface area contributed by atoms with E-state index in [0.29, 0.717) is 13.0 Å². The number of aliphatic hydroxyl groups is 1. The normalized spacial score (nSPS) is 38.2. The van der Waals surface area contributed by atoms with Crippen molar-refractivity contribution in [1.82, 2.24) is 9.80 Å². The Labute approximate surface area is 190 Å². The van der Waals surface area contributed by atoms with Gasteiger partial charge in [-0.3, -0.25) is 14.4 Å². The van der Waals surface area contributed by atoms with E-state index in [-0.39, 0.29) is 23.4 Å². The molecule has 9 heteroatoms. The molecule has 7 atom stereocenters. The molecule has 0 aromatic rings. The first-order chi connectivity index (χ1) is 14.8. The lowest BCUT2D eigenvalue weighted by molar-refractivity contribution is -0.154. The summed E-state index contributed by atoms with van der Waals surface area (Å²) in [5.74, 6) is -3.66. The average Bonchev–Trinajstić information content (AvgIpc) is 3.35. The number of carbonyl (C=O) groups excluding carboxylic acids is 2. The molecule has 4 aliphatic rings. The molecule has 0 aromatic heterocycles. The number of likely N-dealkylation sites (tertiary alicyclic amines) is 1. The van der Waals surface area contributed by atoms with E-state index in [0.717, 1.165) is 32.1 Å². The van der Waals surface area contributed by atoms with E-state index in [9.17, 15) is 24.6 Å². The first-order valence-electron chi connectivity index (χ1n) is 11.2. The summed E-state index contributed by atoms with van der Waals surface area (Å²) in [6, 6.07) is -1.52. The Morgan fingerprint density at radius 2 is 2.06 bits per heavy atom. The number of hydrogen-bond donors (Lipinski definition) is 2. The number of fused-ring (bicyclic) bond motifs is 1. The molecule has 2 bridgehead atoms. The van der Waals surface area contributed by atoms with Gasteiger partial charge in [0.25, 0.3) is 0 Å². The number of alkyl halides is 1. The fourth-order valence-corrected chi connectivity index (χ4v) is 7.24. The fourth-order valence-electron chi connectivity index (χ4n) is 6.30. The van der Waals surface area contributed by atoms with Crippen LogP contribution in [0.1, 0.15) is 45.4 Å². The van der Waals surface area contributed by atoms with Gasteiger partial charge in [0, 0.05) is 17.4 Å². The molecule has 3 saturated heterocycles. The summed E-state index contributed by atoms with van der Waals surface area (Å²) in [5, 5.41) is 19.7. The van der Waals surface area contributed by atoms with Crippen LogP contribution in [0.3, 0.4) is 0 Å². The molecule has 172 valence electrons. The molecular formula is C22H31BrN2O6. The number of hydrogen-bond acceptors (Lipinski definition) is 5. The molecule has 2 amide bonds. The largest absolute Gasteiger partial charge is 0.481 e. The molecule has 1 spiro atoms. The number of aliphatic carboxylic acids is 1. The van der Waals surface area contributed by atoms with Crippen LogP contribution in [0.4, 0.5) is 0 Å². The maximum absolute atomic E-state index is 14.1. The van der Waals surface area contributed by atoms with Crippen molar-refractivity contribution in [3.63, 3.8) is 0 Å². The Balaban J connectivity index is 1.77. The zero-order valence-corrected chi connectivity index (χ0v) is 19.4. The van der Waals surface area contributed by atoms with Gasteiger partial charge in [0.05, 0.1) is 30.6 Å². The van der Waals surface area contributed by atoms with E-state index in [1.807, 2.05) is 0 Å². The van der Waals surface area contributed by atoms with Crippen molar-refractivity contribution < 1.29 is 29.3 Å². The predicted molar refractivity (Wildman–Crippen MR) is 116 cm³/mol. The van der Waals surface area contributed by atoms with Crippen LogP contribution in [0, 0.1) is 11.8 Å². The highest BCUT2D eigenvalue weighted by atomic mass is 79.9. The number of aliphatic hydroxyl groups excluding tert-OH is 1. The Morgan fingerprint density at radius 1 is 1.39 bits per heavy atom. The maximum Gasteiger partial charge on any atom is 0.310 e. The minimum absolute atomic E-state index is 0.0599. The summed E-state index contributed by atoms with van der Waals surface area (Å²) in [6.07, 6.45) is 6.45. The summed E-state index contributed by atoms with van der Waals surface area (Å²) in [7, 11) is 0. The highest BCUT2D eigenvalue weighted by molar-refractivity contribution is 9.09. The monoisotopic (exact) mass is 498 g/mol. The van der Waals surface area contributed by atoms with Crippen molar-refractivity contribution in [3.8, 4) is 0 Å². The van der Waals surface area contributed by atoms with Crippen LogP contribution in [0.15, 0.2) is 12.7 Å². The second kappa shape index (κ2) is 8.48. The van der Waals surface area contributed by atoms with Gasteiger partial charge in [-0.2, -0.15) is 0 Å². The van der Waals surface area contributed by atoms with Gasteiger partial charge in [0.1, 0.15) is 11.6 Å². The summed E-state index contributed by atoms with van der Waals surface area (Å²) in [4.78, 5) is 42.7. The summed E-state index contributed by atoms with van der Waals surface area (Å²) >= 11 is 3.54. The first kappa shape index (κ1) is 22.7. The van der Waals surface area contributed by atoms with E-state index in [2.05, 4.69) is 22.5 Å². The summed E-state index contributed by atoms with van der Waals surface area (Å²) in [6.45, 7) is 5.54. The van der Waals surface area contributed by atoms with Gasteiger partial charge in [-0.25, -0.2) is 0 Å². The molecule has 3 unspecified atom stereocenters. The van der Waals surface area contributed by atoms with Gasteiger partial charge in [0.2, 0.25) is 11.8 Å². The van der Waals surface area contributed by atoms with Gasteiger partial charge in [-0.15, -0.1) is 6.58 Å². The lowest BCUT2D eigenvalue weighted by Crippen LogP contribution is -2.60. The van der Waals surface area contributed by atoms with Crippen molar-refractivity contribution >= 4 is 33.7 Å². The van der Waals surface area contributed by atoms with Gasteiger partial charge in [-0.1, -0.05) is 41.3 Å². The zero-order valence-electron chi connectivity index (χ0n) is 17.8. The Hall–Kier alpha value is -1.45. The first-order valence-corrected chi connectivity index (χ1v) is 12.1. The molecule has 3 heterocycles. The number of carbonyl (C=O) groups is 3. The number of carboxylic acid groups (broad SMARTS) is 1. The molecule has 4 rings (SSSR count). The van der Waals surface area contributed by atoms with Gasteiger partial charge < -0.3 is 24.7 Å². The number of amides is 2. The predicted octanol–water partition coefficient (Wildman–Crippen LogP) is 1.55. The van der Waals surface area contributed by atoms with E-state index in [1.165, 1.54) is 4.90 Å². The van der Waals surface area contributed by atoms with E-state index < -0.39 is 47.5 Å². The van der Waals surface area contributed by atoms with Crippen LogP contribution in [0.5, 0.6) is 0 Å². The minimum atomic E-state index is -1.20. The van der Waals surface area contributed by atoms with Crippen LogP contribution in [-0.2, 0) is 19.1 Å². The standard InChI is InChI=1S/C22H31BrN2O6/c1-3-9-24(13-7-5-4-6-8-13)20(28)18-22-10-14(23)17(31-22)15(21(29)30)16(22)19(27)25(18)12(2)11-26/h3,12-18,26H,1,4-11H2,2H3,(H,29,30)/t12-,14?,15+,16+,17+,18?,22?/m1/s1. The molecular weight excluding hydrogens is 468 g/mol. The van der Waals surface area contributed by atoms with Crippen LogP contribution < -0.4 is 0 Å². The second-order valence-electron chi connectivity index (χ2n) is 9.35. The highest BCUT2D eigenvalue weighted by Gasteiger charge is 2.77. The number of rotatable bonds is 7. The molecule has 1 saturated carbocycles. The SMILES string of the molecule is C=CCN(C(=O)C1N([C@H](C)CO)C(=O)[C@@H]2[C@H](C(=O)O)[C@H]3OC12CC3Br)C1CCCCC1. The fraction of sp³-hybridized carbons (Fsp3) is 0.773. The van der Waals surface area contributed by atoms with Gasteiger partial charge in [-0.05, 0) is 26.2 Å². The van der Waals surface area contributed by atoms with Crippen molar-refractivity contribution in [3.05, 3.63) is 12.7 Å². The average molecular weight is 499 g/mol. The number of halogens is 1. The lowest BCUT2D eigenvalue weighted by atomic mass is 9.70. The molecule has 0 aromatic carbocycles. The van der Waals surface area contributed by atoms with Crippen LogP contribution >= 0.6 is 15.9 Å². The minimum Gasteiger partial charge on any atom is -0.481 e. The molecule has 3 aliphatic heterocycles. The third-order valence-electron chi connectivity index (χ3n) is 7.61. The molecule has 31 heavy (non-hydrogen) atoms. The lowest BCUT2D eigenvalue weighted by Gasteiger charge is -2.42. The van der Waals surface area contributed by atoms with Crippen LogP contribution in [-0.4, -0.2) is 85.6 Å². The number of carboxylic acids is 1. The number of nitrogens with zero attached hydrogens (tertiary/aromatic N) is 2. The van der Waals surface area contributed by atoms with Crippen molar-refractivity contribution in [2.45, 2.75) is 80.1 Å². The van der Waals surface area contributed by atoms with E-state index in [4.69, 9.17) is 4.74 Å². The number of ether oxygens (including phenoxy) is 1. The zero-order chi connectivity index (χ0) is 22.5. The van der Waals surface area contributed by atoms with Gasteiger partial charge in [0.15, 0.2) is 0 Å². The third-order valence-corrected chi connectivity index (χ3v) is 8.45. The van der Waals surface area contributed by atoms with E-state index >= 15 is 0 Å². The molecule has 4 fully saturated rings. The van der Waals surface area contributed by atoms with E-state index in [1.54, 1.807) is 17.9 Å². The molecule has 0 radical (unpaired) electrons. The van der Waals surface area contributed by atoms with Crippen molar-refractivity contribution in [2.24, 2.45) is 11.8 Å². The molecule has 1 aliphatic carbocycles. The topological polar surface area (TPSA) is 107 Å².